The molecular formula is C28H37N3O4. The third-order valence-electron chi connectivity index (χ3n) is 7.59. The molecule has 3 atom stereocenters. The monoisotopic (exact) mass is 479 g/mol. The first-order valence-corrected chi connectivity index (χ1v) is 13.0. The highest BCUT2D eigenvalue weighted by atomic mass is 16.5. The number of amides is 1. The summed E-state index contributed by atoms with van der Waals surface area (Å²) in [5.74, 6) is 1.67. The van der Waals surface area contributed by atoms with Gasteiger partial charge in [0.15, 0.2) is 11.5 Å². The van der Waals surface area contributed by atoms with Crippen LogP contribution in [0.15, 0.2) is 48.5 Å². The number of aliphatic hydroxyl groups is 1. The molecule has 0 bridgehead atoms. The Bertz CT molecular complexity index is 995. The van der Waals surface area contributed by atoms with E-state index < -0.39 is 6.10 Å². The Balaban J connectivity index is 1.35. The number of anilines is 1. The van der Waals surface area contributed by atoms with Crippen molar-refractivity contribution in [2.45, 2.75) is 62.8 Å². The fourth-order valence-electron chi connectivity index (χ4n) is 5.69. The second-order valence-electron chi connectivity index (χ2n) is 10.0. The average Bonchev–Trinajstić information content (AvgIpc) is 3.56. The maximum absolute atomic E-state index is 13.4. The number of carbonyl (C=O) groups excluding carboxylic acids is 1. The minimum atomic E-state index is -0.449. The minimum Gasteiger partial charge on any atom is -0.493 e. The maximum Gasteiger partial charge on any atom is 0.240 e. The number of hydrogen-bond acceptors (Lipinski definition) is 6. The van der Waals surface area contributed by atoms with Crippen molar-refractivity contribution in [1.29, 1.82) is 0 Å². The highest BCUT2D eigenvalue weighted by Gasteiger charge is 2.37. The van der Waals surface area contributed by atoms with Gasteiger partial charge < -0.3 is 29.7 Å². The van der Waals surface area contributed by atoms with E-state index >= 15 is 0 Å². The number of hydrogen-bond donors (Lipinski definition) is 2. The first-order chi connectivity index (χ1) is 17.1. The molecule has 5 rings (SSSR count). The molecule has 2 aromatic rings. The van der Waals surface area contributed by atoms with Gasteiger partial charge in [-0.1, -0.05) is 30.3 Å². The maximum atomic E-state index is 13.4. The van der Waals surface area contributed by atoms with Crippen LogP contribution in [0.1, 0.15) is 37.7 Å². The van der Waals surface area contributed by atoms with Gasteiger partial charge in [-0.2, -0.15) is 0 Å². The van der Waals surface area contributed by atoms with Crippen LogP contribution in [0, 0.1) is 0 Å². The van der Waals surface area contributed by atoms with Crippen LogP contribution in [0.3, 0.4) is 0 Å². The number of benzene rings is 2. The standard InChI is InChI=1S/C28H37N3O4/c1-34-26-12-11-21(16-27(26)35-24-9-5-6-10-24)30-13-14-31(28(33)25-17-23(32)18-29-25)22(19-30)15-20-7-3-2-4-8-20/h2-4,7-8,11-12,16,22-25,29,32H,5-6,9-10,13-15,17-19H2,1H3/t22?,23-,25-/m1/s1. The van der Waals surface area contributed by atoms with Gasteiger partial charge in [-0.15, -0.1) is 0 Å². The molecule has 1 amide bonds. The number of methoxy groups -OCH3 is 1. The second-order valence-corrected chi connectivity index (χ2v) is 10.0. The lowest BCUT2D eigenvalue weighted by Crippen LogP contribution is -2.59. The molecule has 0 spiro atoms. The zero-order valence-electron chi connectivity index (χ0n) is 20.6. The van der Waals surface area contributed by atoms with Crippen LogP contribution in [0.2, 0.25) is 0 Å². The molecule has 1 aliphatic carbocycles. The van der Waals surface area contributed by atoms with E-state index in [1.54, 1.807) is 7.11 Å². The van der Waals surface area contributed by atoms with Crippen molar-refractivity contribution in [3.05, 3.63) is 54.1 Å². The number of carbonyl (C=O) groups is 1. The highest BCUT2D eigenvalue weighted by Crippen LogP contribution is 2.36. The van der Waals surface area contributed by atoms with Gasteiger partial charge in [0.2, 0.25) is 5.91 Å². The lowest BCUT2D eigenvalue weighted by Gasteiger charge is -2.43. The summed E-state index contributed by atoms with van der Waals surface area (Å²) in [4.78, 5) is 17.8. The summed E-state index contributed by atoms with van der Waals surface area (Å²) in [5, 5.41) is 13.1. The van der Waals surface area contributed by atoms with Gasteiger partial charge in [-0.3, -0.25) is 4.79 Å². The van der Waals surface area contributed by atoms with E-state index in [1.807, 2.05) is 29.2 Å². The third-order valence-corrected chi connectivity index (χ3v) is 7.59. The summed E-state index contributed by atoms with van der Waals surface area (Å²) in [5.41, 5.74) is 2.31. The molecule has 35 heavy (non-hydrogen) atoms. The van der Waals surface area contributed by atoms with Gasteiger partial charge in [0.25, 0.3) is 0 Å². The van der Waals surface area contributed by atoms with E-state index in [2.05, 4.69) is 34.5 Å². The molecule has 2 N–H and O–H groups in total. The molecule has 1 saturated carbocycles. The molecule has 2 aromatic carbocycles. The van der Waals surface area contributed by atoms with E-state index in [9.17, 15) is 9.90 Å². The van der Waals surface area contributed by atoms with E-state index in [0.29, 0.717) is 19.5 Å². The second kappa shape index (κ2) is 10.9. The Labute approximate surface area is 208 Å². The molecule has 7 nitrogen and oxygen atoms in total. The van der Waals surface area contributed by atoms with E-state index in [-0.39, 0.29) is 24.1 Å². The Kier molecular flexibility index (Phi) is 7.44. The summed E-state index contributed by atoms with van der Waals surface area (Å²) in [7, 11) is 1.69. The lowest BCUT2D eigenvalue weighted by atomic mass is 10.00. The number of ether oxygens (including phenoxy) is 2. The fourth-order valence-corrected chi connectivity index (χ4v) is 5.69. The molecule has 3 aliphatic rings. The van der Waals surface area contributed by atoms with E-state index in [1.165, 1.54) is 18.4 Å². The summed E-state index contributed by atoms with van der Waals surface area (Å²) < 4.78 is 11.9. The van der Waals surface area contributed by atoms with Gasteiger partial charge in [-0.25, -0.2) is 0 Å². The molecule has 2 aliphatic heterocycles. The Morgan fingerprint density at radius 3 is 2.60 bits per heavy atom. The van der Waals surface area contributed by atoms with Crippen molar-refractivity contribution in [2.75, 3.05) is 38.2 Å². The Hall–Kier alpha value is -2.77. The number of nitrogens with zero attached hydrogens (tertiary/aromatic N) is 2. The zero-order valence-corrected chi connectivity index (χ0v) is 20.6. The first-order valence-electron chi connectivity index (χ1n) is 13.0. The Morgan fingerprint density at radius 2 is 1.89 bits per heavy atom. The van der Waals surface area contributed by atoms with Gasteiger partial charge in [0, 0.05) is 37.9 Å². The molecule has 188 valence electrons. The number of β-amino-alcohol motifs (C(OH)–C–C–N with tert-alkyl or cyclic N) is 1. The normalized spacial score (nSPS) is 25.1. The lowest BCUT2D eigenvalue weighted by molar-refractivity contribution is -0.136. The fraction of sp³-hybridized carbons (Fsp3) is 0.536. The highest BCUT2D eigenvalue weighted by molar-refractivity contribution is 5.83. The van der Waals surface area contributed by atoms with E-state index in [4.69, 9.17) is 9.47 Å². The molecule has 2 heterocycles. The predicted molar refractivity (Wildman–Crippen MR) is 136 cm³/mol. The molecule has 0 radical (unpaired) electrons. The van der Waals surface area contributed by atoms with Crippen LogP contribution in [0.25, 0.3) is 0 Å². The average molecular weight is 480 g/mol. The minimum absolute atomic E-state index is 0.0412. The molecule has 0 aromatic heterocycles. The van der Waals surface area contributed by atoms with Crippen molar-refractivity contribution in [1.82, 2.24) is 10.2 Å². The van der Waals surface area contributed by atoms with Crippen LogP contribution < -0.4 is 19.7 Å². The quantitative estimate of drug-likeness (QED) is 0.636. The van der Waals surface area contributed by atoms with Crippen molar-refractivity contribution >= 4 is 11.6 Å². The number of rotatable bonds is 7. The van der Waals surface area contributed by atoms with Gasteiger partial charge in [-0.05, 0) is 56.2 Å². The van der Waals surface area contributed by atoms with E-state index in [0.717, 1.165) is 49.5 Å². The topological polar surface area (TPSA) is 74.3 Å². The summed E-state index contributed by atoms with van der Waals surface area (Å²) in [6.45, 7) is 2.62. The third kappa shape index (κ3) is 5.57. The van der Waals surface area contributed by atoms with Crippen molar-refractivity contribution in [2.24, 2.45) is 0 Å². The molecular weight excluding hydrogens is 442 g/mol. The number of piperazine rings is 1. The van der Waals surface area contributed by atoms with Crippen LogP contribution in [-0.2, 0) is 11.2 Å². The van der Waals surface area contributed by atoms with Crippen molar-refractivity contribution in [3.63, 3.8) is 0 Å². The van der Waals surface area contributed by atoms with Crippen LogP contribution in [0.5, 0.6) is 11.5 Å². The van der Waals surface area contributed by atoms with Gasteiger partial charge in [0.05, 0.1) is 31.4 Å². The number of aliphatic hydroxyl groups excluding tert-OH is 1. The molecule has 7 heteroatoms. The van der Waals surface area contributed by atoms with Crippen LogP contribution in [-0.4, -0.2) is 73.5 Å². The SMILES string of the molecule is COc1ccc(N2CCN(C(=O)[C@H]3C[C@@H](O)CN3)C(Cc3ccccc3)C2)cc1OC1CCCC1. The Morgan fingerprint density at radius 1 is 1.09 bits per heavy atom. The summed E-state index contributed by atoms with van der Waals surface area (Å²) in [6.07, 6.45) is 5.71. The predicted octanol–water partition coefficient (Wildman–Crippen LogP) is 3.00. The molecule has 2 saturated heterocycles. The van der Waals surface area contributed by atoms with Crippen molar-refractivity contribution < 1.29 is 19.4 Å². The zero-order chi connectivity index (χ0) is 24.2. The number of nitrogens with one attached hydrogen (secondary N) is 1. The van der Waals surface area contributed by atoms with Crippen molar-refractivity contribution in [3.8, 4) is 11.5 Å². The molecule has 3 fully saturated rings. The first kappa shape index (κ1) is 23.9. The van der Waals surface area contributed by atoms with Gasteiger partial charge >= 0.3 is 0 Å². The largest absolute Gasteiger partial charge is 0.493 e. The summed E-state index contributed by atoms with van der Waals surface area (Å²) in [6, 6.07) is 16.3. The van der Waals surface area contributed by atoms with Gasteiger partial charge in [0.1, 0.15) is 0 Å². The van der Waals surface area contributed by atoms with Crippen LogP contribution in [0.4, 0.5) is 5.69 Å². The molecule has 1 unspecified atom stereocenters. The smallest absolute Gasteiger partial charge is 0.240 e. The summed E-state index contributed by atoms with van der Waals surface area (Å²) >= 11 is 0. The van der Waals surface area contributed by atoms with Crippen LogP contribution >= 0.6 is 0 Å².